The van der Waals surface area contributed by atoms with Crippen molar-refractivity contribution in [1.82, 2.24) is 15.2 Å². The average Bonchev–Trinajstić information content (AvgIpc) is 2.36. The predicted molar refractivity (Wildman–Crippen MR) is 66.8 cm³/mol. The van der Waals surface area contributed by atoms with Gasteiger partial charge >= 0.3 is 6.01 Å². The van der Waals surface area contributed by atoms with Gasteiger partial charge in [0.05, 0.1) is 24.2 Å². The molecular weight excluding hydrogens is 232 g/mol. The van der Waals surface area contributed by atoms with Crippen LogP contribution >= 0.6 is 0 Å². The lowest BCUT2D eigenvalue weighted by Gasteiger charge is -2.08. The predicted octanol–water partition coefficient (Wildman–Crippen LogP) is 1.87. The van der Waals surface area contributed by atoms with Gasteiger partial charge in [0.1, 0.15) is 5.75 Å². The van der Waals surface area contributed by atoms with E-state index >= 15 is 0 Å². The molecule has 0 bridgehead atoms. The Kier molecular flexibility index (Phi) is 3.27. The van der Waals surface area contributed by atoms with Gasteiger partial charge in [-0.1, -0.05) is 5.10 Å². The van der Waals surface area contributed by atoms with E-state index in [9.17, 15) is 0 Å². The van der Waals surface area contributed by atoms with E-state index in [4.69, 9.17) is 15.2 Å². The highest BCUT2D eigenvalue weighted by Gasteiger charge is 2.07. The average molecular weight is 246 g/mol. The number of aryl methyl sites for hydroxylation is 2. The monoisotopic (exact) mass is 246 g/mol. The number of ether oxygens (including phenoxy) is 2. The van der Waals surface area contributed by atoms with E-state index in [-0.39, 0.29) is 6.01 Å². The van der Waals surface area contributed by atoms with Crippen molar-refractivity contribution in [2.45, 2.75) is 13.8 Å². The minimum atomic E-state index is 0.176. The van der Waals surface area contributed by atoms with Gasteiger partial charge in [0.2, 0.25) is 0 Å². The van der Waals surface area contributed by atoms with Crippen molar-refractivity contribution in [1.29, 1.82) is 0 Å². The summed E-state index contributed by atoms with van der Waals surface area (Å²) in [4.78, 5) is 4.17. The molecule has 1 aromatic carbocycles. The van der Waals surface area contributed by atoms with Gasteiger partial charge in [-0.2, -0.15) is 4.98 Å². The molecule has 1 aromatic heterocycles. The Morgan fingerprint density at radius 3 is 2.50 bits per heavy atom. The second-order valence-corrected chi connectivity index (χ2v) is 3.77. The van der Waals surface area contributed by atoms with Crippen molar-refractivity contribution in [3.05, 3.63) is 29.6 Å². The number of rotatable bonds is 3. The number of benzene rings is 1. The zero-order valence-corrected chi connectivity index (χ0v) is 10.5. The second kappa shape index (κ2) is 4.87. The summed E-state index contributed by atoms with van der Waals surface area (Å²) in [5.41, 5.74) is 7.83. The molecule has 0 fully saturated rings. The van der Waals surface area contributed by atoms with Gasteiger partial charge in [0.25, 0.3) is 0 Å². The maximum absolute atomic E-state index is 5.83. The number of aromatic nitrogens is 3. The molecule has 2 aromatic rings. The van der Waals surface area contributed by atoms with Gasteiger partial charge in [0, 0.05) is 6.07 Å². The van der Waals surface area contributed by atoms with E-state index in [2.05, 4.69) is 15.2 Å². The van der Waals surface area contributed by atoms with Crippen LogP contribution in [0.15, 0.2) is 18.2 Å². The smallest absolute Gasteiger partial charge is 0.341 e. The Hall–Kier alpha value is -2.37. The molecule has 2 rings (SSSR count). The SMILES string of the molecule is COc1ccc(Oc2nnc(C)c(C)n2)c(N)c1. The number of anilines is 1. The number of hydrogen-bond acceptors (Lipinski definition) is 6. The maximum Gasteiger partial charge on any atom is 0.341 e. The highest BCUT2D eigenvalue weighted by molar-refractivity contribution is 5.56. The molecule has 18 heavy (non-hydrogen) atoms. The lowest BCUT2D eigenvalue weighted by atomic mass is 10.3. The number of hydrogen-bond donors (Lipinski definition) is 1. The van der Waals surface area contributed by atoms with Crippen LogP contribution in [0.4, 0.5) is 5.69 Å². The Balaban J connectivity index is 2.25. The molecule has 0 aliphatic carbocycles. The molecule has 0 amide bonds. The van der Waals surface area contributed by atoms with Crippen LogP contribution < -0.4 is 15.2 Å². The van der Waals surface area contributed by atoms with Crippen molar-refractivity contribution >= 4 is 5.69 Å². The van der Waals surface area contributed by atoms with Crippen LogP contribution in [0.3, 0.4) is 0 Å². The number of nitrogens with two attached hydrogens (primary N) is 1. The number of methoxy groups -OCH3 is 1. The largest absolute Gasteiger partial charge is 0.497 e. The lowest BCUT2D eigenvalue weighted by molar-refractivity contribution is 0.410. The third kappa shape index (κ3) is 2.48. The Bertz CT molecular complexity index is 572. The molecule has 2 N–H and O–H groups in total. The molecule has 6 nitrogen and oxygen atoms in total. The minimum Gasteiger partial charge on any atom is -0.497 e. The zero-order chi connectivity index (χ0) is 13.1. The van der Waals surface area contributed by atoms with Crippen molar-refractivity contribution in [3.8, 4) is 17.5 Å². The minimum absolute atomic E-state index is 0.176. The van der Waals surface area contributed by atoms with E-state index in [0.717, 1.165) is 11.4 Å². The van der Waals surface area contributed by atoms with E-state index in [0.29, 0.717) is 17.2 Å². The molecule has 1 heterocycles. The fourth-order valence-corrected chi connectivity index (χ4v) is 1.32. The zero-order valence-electron chi connectivity index (χ0n) is 10.5. The Morgan fingerprint density at radius 1 is 1.11 bits per heavy atom. The molecule has 0 atom stereocenters. The quantitative estimate of drug-likeness (QED) is 0.832. The molecule has 0 aliphatic heterocycles. The second-order valence-electron chi connectivity index (χ2n) is 3.77. The van der Waals surface area contributed by atoms with Crippen molar-refractivity contribution < 1.29 is 9.47 Å². The van der Waals surface area contributed by atoms with Crippen molar-refractivity contribution in [3.63, 3.8) is 0 Å². The van der Waals surface area contributed by atoms with Crippen LogP contribution in [0.2, 0.25) is 0 Å². The van der Waals surface area contributed by atoms with Crippen LogP contribution in [0.1, 0.15) is 11.4 Å². The van der Waals surface area contributed by atoms with Gasteiger partial charge in [-0.15, -0.1) is 5.10 Å². The van der Waals surface area contributed by atoms with Crippen LogP contribution in [0.5, 0.6) is 17.5 Å². The first-order chi connectivity index (χ1) is 8.60. The Labute approximate surface area is 105 Å². The third-order valence-corrected chi connectivity index (χ3v) is 2.49. The van der Waals surface area contributed by atoms with Crippen LogP contribution in [-0.4, -0.2) is 22.3 Å². The first-order valence-corrected chi connectivity index (χ1v) is 5.39. The molecule has 94 valence electrons. The van der Waals surface area contributed by atoms with Crippen LogP contribution in [0.25, 0.3) is 0 Å². The lowest BCUT2D eigenvalue weighted by Crippen LogP contribution is -2.01. The highest BCUT2D eigenvalue weighted by Crippen LogP contribution is 2.28. The standard InChI is InChI=1S/C12H14N4O2/c1-7-8(2)15-16-12(14-7)18-11-5-4-9(17-3)6-10(11)13/h4-6H,13H2,1-3H3. The summed E-state index contributed by atoms with van der Waals surface area (Å²) in [6, 6.07) is 5.30. The summed E-state index contributed by atoms with van der Waals surface area (Å²) < 4.78 is 10.5. The van der Waals surface area contributed by atoms with Gasteiger partial charge in [0.15, 0.2) is 5.75 Å². The summed E-state index contributed by atoms with van der Waals surface area (Å²) >= 11 is 0. The Morgan fingerprint density at radius 2 is 1.89 bits per heavy atom. The highest BCUT2D eigenvalue weighted by atomic mass is 16.5. The fraction of sp³-hybridized carbons (Fsp3) is 0.250. The van der Waals surface area contributed by atoms with Gasteiger partial charge < -0.3 is 15.2 Å². The summed E-state index contributed by atoms with van der Waals surface area (Å²) in [7, 11) is 1.58. The van der Waals surface area contributed by atoms with Crippen molar-refractivity contribution in [2.75, 3.05) is 12.8 Å². The summed E-state index contributed by atoms with van der Waals surface area (Å²) in [6.45, 7) is 3.68. The first kappa shape index (κ1) is 12.1. The van der Waals surface area contributed by atoms with Crippen LogP contribution in [0, 0.1) is 13.8 Å². The fourth-order valence-electron chi connectivity index (χ4n) is 1.32. The summed E-state index contributed by atoms with van der Waals surface area (Å²) in [5, 5.41) is 7.78. The molecule has 0 unspecified atom stereocenters. The molecule has 0 radical (unpaired) electrons. The molecule has 0 saturated carbocycles. The topological polar surface area (TPSA) is 83.2 Å². The van der Waals surface area contributed by atoms with Gasteiger partial charge in [-0.3, -0.25) is 0 Å². The van der Waals surface area contributed by atoms with Gasteiger partial charge in [-0.25, -0.2) is 0 Å². The summed E-state index contributed by atoms with van der Waals surface area (Å²) in [6.07, 6.45) is 0. The van der Waals surface area contributed by atoms with E-state index in [1.165, 1.54) is 0 Å². The van der Waals surface area contributed by atoms with E-state index in [1.807, 2.05) is 13.8 Å². The number of nitrogen functional groups attached to an aromatic ring is 1. The molecule has 6 heteroatoms. The molecule has 0 saturated heterocycles. The van der Waals surface area contributed by atoms with E-state index in [1.54, 1.807) is 25.3 Å². The van der Waals surface area contributed by atoms with Crippen molar-refractivity contribution in [2.24, 2.45) is 0 Å². The van der Waals surface area contributed by atoms with Gasteiger partial charge in [-0.05, 0) is 26.0 Å². The van der Waals surface area contributed by atoms with E-state index < -0.39 is 0 Å². The first-order valence-electron chi connectivity index (χ1n) is 5.39. The van der Waals surface area contributed by atoms with Crippen LogP contribution in [-0.2, 0) is 0 Å². The normalized spacial score (nSPS) is 10.2. The number of nitrogens with zero attached hydrogens (tertiary/aromatic N) is 3. The maximum atomic E-state index is 5.83. The molecular formula is C12H14N4O2. The third-order valence-electron chi connectivity index (χ3n) is 2.49. The molecule has 0 spiro atoms. The summed E-state index contributed by atoms with van der Waals surface area (Å²) in [5.74, 6) is 1.14. The molecule has 0 aliphatic rings.